The fourth-order valence-electron chi connectivity index (χ4n) is 2.04. The minimum Gasteiger partial charge on any atom is -0.375 e. The number of carbonyl (C=O) groups excluding carboxylic acids is 1. The van der Waals surface area contributed by atoms with Crippen LogP contribution in [0, 0.1) is 6.92 Å². The van der Waals surface area contributed by atoms with E-state index in [0.717, 1.165) is 11.4 Å². The van der Waals surface area contributed by atoms with Crippen LogP contribution in [0.1, 0.15) is 19.5 Å². The van der Waals surface area contributed by atoms with Crippen molar-refractivity contribution >= 4 is 11.7 Å². The molecule has 0 aromatic carbocycles. The van der Waals surface area contributed by atoms with Crippen molar-refractivity contribution in [3.8, 4) is 0 Å². The van der Waals surface area contributed by atoms with E-state index in [1.54, 1.807) is 12.3 Å². The van der Waals surface area contributed by atoms with Crippen molar-refractivity contribution in [3.63, 3.8) is 0 Å². The molecule has 0 unspecified atom stereocenters. The number of morpholine rings is 1. The highest BCUT2D eigenvalue weighted by Crippen LogP contribution is 2.15. The summed E-state index contributed by atoms with van der Waals surface area (Å²) in [6.07, 6.45) is 1.76. The number of aryl methyl sites for hydroxylation is 1. The predicted octanol–water partition coefficient (Wildman–Crippen LogP) is 2.03. The normalized spacial score (nSPS) is 23.8. The van der Waals surface area contributed by atoms with Gasteiger partial charge in [0.25, 0.3) is 0 Å². The third kappa shape index (κ3) is 2.79. The van der Waals surface area contributed by atoms with E-state index in [-0.39, 0.29) is 18.2 Å². The summed E-state index contributed by atoms with van der Waals surface area (Å²) in [5.74, 6) is 0. The van der Waals surface area contributed by atoms with Crippen LogP contribution in [0.3, 0.4) is 0 Å². The highest BCUT2D eigenvalue weighted by atomic mass is 16.5. The molecule has 18 heavy (non-hydrogen) atoms. The molecular weight excluding hydrogens is 230 g/mol. The first-order valence-corrected chi connectivity index (χ1v) is 6.20. The Morgan fingerprint density at radius 2 is 2.33 bits per heavy atom. The zero-order chi connectivity index (χ0) is 13.1. The van der Waals surface area contributed by atoms with Gasteiger partial charge in [-0.1, -0.05) is 0 Å². The number of aromatic nitrogens is 1. The first-order valence-electron chi connectivity index (χ1n) is 6.20. The van der Waals surface area contributed by atoms with Gasteiger partial charge in [0.05, 0.1) is 18.8 Å². The SMILES string of the molecule is Cc1cc(NC(=O)N2CCO[C@@H](C)[C@@H]2C)ccn1. The topological polar surface area (TPSA) is 54.5 Å². The summed E-state index contributed by atoms with van der Waals surface area (Å²) < 4.78 is 5.51. The van der Waals surface area contributed by atoms with Crippen LogP contribution in [-0.2, 0) is 4.74 Å². The van der Waals surface area contributed by atoms with Crippen molar-refractivity contribution in [1.82, 2.24) is 9.88 Å². The summed E-state index contributed by atoms with van der Waals surface area (Å²) in [7, 11) is 0. The van der Waals surface area contributed by atoms with Crippen molar-refractivity contribution in [2.45, 2.75) is 32.9 Å². The zero-order valence-electron chi connectivity index (χ0n) is 11.0. The molecule has 2 atom stereocenters. The Balaban J connectivity index is 2.03. The lowest BCUT2D eigenvalue weighted by molar-refractivity contribution is -0.0355. The second-order valence-corrected chi connectivity index (χ2v) is 4.63. The molecular formula is C13H19N3O2. The van der Waals surface area contributed by atoms with E-state index >= 15 is 0 Å². The number of carbonyl (C=O) groups is 1. The van der Waals surface area contributed by atoms with Crippen molar-refractivity contribution < 1.29 is 9.53 Å². The molecule has 1 fully saturated rings. The fourth-order valence-corrected chi connectivity index (χ4v) is 2.04. The smallest absolute Gasteiger partial charge is 0.322 e. The summed E-state index contributed by atoms with van der Waals surface area (Å²) in [4.78, 5) is 18.1. The Morgan fingerprint density at radius 3 is 3.06 bits per heavy atom. The molecule has 1 aromatic heterocycles. The third-order valence-corrected chi connectivity index (χ3v) is 3.29. The Bertz CT molecular complexity index is 436. The Kier molecular flexibility index (Phi) is 3.81. The van der Waals surface area contributed by atoms with E-state index in [1.165, 1.54) is 0 Å². The van der Waals surface area contributed by atoms with Crippen LogP contribution in [0.15, 0.2) is 18.3 Å². The number of urea groups is 1. The van der Waals surface area contributed by atoms with Crippen molar-refractivity contribution in [3.05, 3.63) is 24.0 Å². The third-order valence-electron chi connectivity index (χ3n) is 3.29. The maximum atomic E-state index is 12.2. The summed E-state index contributed by atoms with van der Waals surface area (Å²) >= 11 is 0. The van der Waals surface area contributed by atoms with Gasteiger partial charge >= 0.3 is 6.03 Å². The number of pyridine rings is 1. The molecule has 5 nitrogen and oxygen atoms in total. The number of nitrogens with zero attached hydrogens (tertiary/aromatic N) is 2. The fraction of sp³-hybridized carbons (Fsp3) is 0.538. The minimum absolute atomic E-state index is 0.0728. The number of nitrogens with one attached hydrogen (secondary N) is 1. The first-order chi connectivity index (χ1) is 8.58. The van der Waals surface area contributed by atoms with Crippen molar-refractivity contribution in [2.75, 3.05) is 18.5 Å². The van der Waals surface area contributed by atoms with Crippen LogP contribution in [0.4, 0.5) is 10.5 Å². The largest absolute Gasteiger partial charge is 0.375 e. The molecule has 0 aliphatic carbocycles. The number of hydrogen-bond donors (Lipinski definition) is 1. The highest BCUT2D eigenvalue weighted by Gasteiger charge is 2.29. The maximum Gasteiger partial charge on any atom is 0.322 e. The van der Waals surface area contributed by atoms with Gasteiger partial charge in [-0.3, -0.25) is 4.98 Å². The minimum atomic E-state index is -0.0803. The molecule has 1 aromatic rings. The maximum absolute atomic E-state index is 12.2. The number of anilines is 1. The molecule has 2 rings (SSSR count). The van der Waals surface area contributed by atoms with Crippen LogP contribution >= 0.6 is 0 Å². The molecule has 0 saturated carbocycles. The van der Waals surface area contributed by atoms with Crippen molar-refractivity contribution in [2.24, 2.45) is 0 Å². The Hall–Kier alpha value is -1.62. The molecule has 1 saturated heterocycles. The number of hydrogen-bond acceptors (Lipinski definition) is 3. The summed E-state index contributed by atoms with van der Waals surface area (Å²) in [5.41, 5.74) is 1.66. The number of amides is 2. The summed E-state index contributed by atoms with van der Waals surface area (Å²) in [6, 6.07) is 3.65. The molecule has 98 valence electrons. The van der Waals surface area contributed by atoms with Crippen LogP contribution < -0.4 is 5.32 Å². The second kappa shape index (κ2) is 5.35. The lowest BCUT2D eigenvalue weighted by atomic mass is 10.1. The van der Waals surface area contributed by atoms with Crippen LogP contribution in [-0.4, -0.2) is 41.2 Å². The van der Waals surface area contributed by atoms with Gasteiger partial charge in [-0.25, -0.2) is 4.79 Å². The van der Waals surface area contributed by atoms with Gasteiger partial charge in [0, 0.05) is 24.1 Å². The summed E-state index contributed by atoms with van der Waals surface area (Å²) in [6.45, 7) is 7.10. The first kappa shape index (κ1) is 12.8. The van der Waals surface area contributed by atoms with Gasteiger partial charge in [0.15, 0.2) is 0 Å². The lowest BCUT2D eigenvalue weighted by Crippen LogP contribution is -2.52. The highest BCUT2D eigenvalue weighted by molar-refractivity contribution is 5.89. The van der Waals surface area contributed by atoms with Gasteiger partial charge in [0.2, 0.25) is 0 Å². The molecule has 2 amide bonds. The van der Waals surface area contributed by atoms with Gasteiger partial charge in [-0.05, 0) is 32.9 Å². The quantitative estimate of drug-likeness (QED) is 0.828. The van der Waals surface area contributed by atoms with Gasteiger partial charge < -0.3 is 15.0 Å². The second-order valence-electron chi connectivity index (χ2n) is 4.63. The van der Waals surface area contributed by atoms with Crippen molar-refractivity contribution in [1.29, 1.82) is 0 Å². The monoisotopic (exact) mass is 249 g/mol. The lowest BCUT2D eigenvalue weighted by Gasteiger charge is -2.37. The Morgan fingerprint density at radius 1 is 1.56 bits per heavy atom. The number of ether oxygens (including phenoxy) is 1. The van der Waals surface area contributed by atoms with E-state index < -0.39 is 0 Å². The van der Waals surface area contributed by atoms with Gasteiger partial charge in [-0.15, -0.1) is 0 Å². The Labute approximate surface area is 107 Å². The standard InChI is InChI=1S/C13H19N3O2/c1-9-8-12(4-5-14-9)15-13(17)16-6-7-18-11(3)10(16)2/h4-5,8,10-11H,6-7H2,1-3H3,(H,14,15,17)/t10-,11-/m0/s1. The van der Waals surface area contributed by atoms with Crippen LogP contribution in [0.5, 0.6) is 0 Å². The average Bonchev–Trinajstić information content (AvgIpc) is 2.32. The van der Waals surface area contributed by atoms with Crippen LogP contribution in [0.2, 0.25) is 0 Å². The summed E-state index contributed by atoms with van der Waals surface area (Å²) in [5, 5.41) is 2.89. The predicted molar refractivity (Wildman–Crippen MR) is 69.6 cm³/mol. The molecule has 0 radical (unpaired) electrons. The molecule has 1 N–H and O–H groups in total. The van der Waals surface area contributed by atoms with E-state index in [1.807, 2.05) is 31.7 Å². The molecule has 0 bridgehead atoms. The van der Waals surface area contributed by atoms with Crippen LogP contribution in [0.25, 0.3) is 0 Å². The van der Waals surface area contributed by atoms with E-state index in [4.69, 9.17) is 4.74 Å². The van der Waals surface area contributed by atoms with E-state index in [0.29, 0.717) is 13.2 Å². The molecule has 1 aliphatic rings. The molecule has 1 aliphatic heterocycles. The molecule has 2 heterocycles. The molecule has 5 heteroatoms. The van der Waals surface area contributed by atoms with Gasteiger partial charge in [0.1, 0.15) is 0 Å². The molecule has 0 spiro atoms. The average molecular weight is 249 g/mol. The van der Waals surface area contributed by atoms with Gasteiger partial charge in [-0.2, -0.15) is 0 Å². The van der Waals surface area contributed by atoms with E-state index in [9.17, 15) is 4.79 Å². The van der Waals surface area contributed by atoms with E-state index in [2.05, 4.69) is 10.3 Å². The number of rotatable bonds is 1. The zero-order valence-corrected chi connectivity index (χ0v) is 11.0.